The fraction of sp³-hybridized carbons (Fsp3) is 0.333. The summed E-state index contributed by atoms with van der Waals surface area (Å²) in [6, 6.07) is 4.30. The molecule has 9 heteroatoms. The van der Waals surface area contributed by atoms with Gasteiger partial charge in [-0.2, -0.15) is 0 Å². The van der Waals surface area contributed by atoms with Crippen molar-refractivity contribution < 1.29 is 4.79 Å². The number of nitrogens with zero attached hydrogens (tertiary/aromatic N) is 4. The second-order valence-corrected chi connectivity index (χ2v) is 8.16. The summed E-state index contributed by atoms with van der Waals surface area (Å²) in [6.07, 6.45) is 4.31. The summed E-state index contributed by atoms with van der Waals surface area (Å²) in [4.78, 5) is 17.7. The molecular weight excluding hydrogens is 366 g/mol. The average Bonchev–Trinajstić information content (AvgIpc) is 2.98. The molecule has 3 aromatic rings. The van der Waals surface area contributed by atoms with E-state index in [0.717, 1.165) is 38.6 Å². The van der Waals surface area contributed by atoms with Gasteiger partial charge in [0.05, 0.1) is 27.9 Å². The maximum Gasteiger partial charge on any atom is 0.226 e. The lowest BCUT2D eigenvalue weighted by Crippen LogP contribution is -2.26. The van der Waals surface area contributed by atoms with Crippen molar-refractivity contribution in [2.24, 2.45) is 0 Å². The van der Waals surface area contributed by atoms with E-state index in [1.807, 2.05) is 22.1 Å². The van der Waals surface area contributed by atoms with Crippen molar-refractivity contribution in [3.8, 4) is 9.88 Å². The third kappa shape index (κ3) is 3.50. The number of carbonyl (C=O) groups is 1. The number of hydrogen-bond donors (Lipinski definition) is 1. The van der Waals surface area contributed by atoms with Gasteiger partial charge < -0.3 is 9.88 Å². The van der Waals surface area contributed by atoms with E-state index in [9.17, 15) is 4.79 Å². The Hall–Kier alpha value is -1.77. The van der Waals surface area contributed by atoms with Crippen molar-refractivity contribution in [3.63, 3.8) is 0 Å². The van der Waals surface area contributed by atoms with Crippen LogP contribution in [0.2, 0.25) is 4.34 Å². The molecule has 0 radical (unpaired) electrons. The first-order valence-corrected chi connectivity index (χ1v) is 9.61. The van der Waals surface area contributed by atoms with Crippen molar-refractivity contribution in [3.05, 3.63) is 39.7 Å². The third-order valence-corrected chi connectivity index (χ3v) is 6.00. The lowest BCUT2D eigenvalue weighted by atomic mass is 10.3. The molecule has 1 fully saturated rings. The van der Waals surface area contributed by atoms with E-state index in [-0.39, 0.29) is 12.3 Å². The van der Waals surface area contributed by atoms with Crippen LogP contribution in [0, 0.1) is 0 Å². The summed E-state index contributed by atoms with van der Waals surface area (Å²) >= 11 is 8.96. The van der Waals surface area contributed by atoms with E-state index in [2.05, 4.69) is 20.5 Å². The average molecular weight is 380 g/mol. The molecule has 0 spiro atoms. The Bertz CT molecular complexity index is 867. The second-order valence-electron chi connectivity index (χ2n) is 5.59. The minimum Gasteiger partial charge on any atom is -0.348 e. The predicted octanol–water partition coefficient (Wildman–Crippen LogP) is 3.31. The highest BCUT2D eigenvalue weighted by Crippen LogP contribution is 2.35. The second kappa shape index (κ2) is 6.62. The number of nitrogens with one attached hydrogen (secondary N) is 1. The predicted molar refractivity (Wildman–Crippen MR) is 94.3 cm³/mol. The lowest BCUT2D eigenvalue weighted by Gasteiger charge is -2.05. The number of carbonyl (C=O) groups excluding carboxylic acids is 1. The zero-order valence-corrected chi connectivity index (χ0v) is 15.0. The van der Waals surface area contributed by atoms with Gasteiger partial charge in [-0.1, -0.05) is 11.6 Å². The molecule has 4 rings (SSSR count). The summed E-state index contributed by atoms with van der Waals surface area (Å²) in [7, 11) is 0. The van der Waals surface area contributed by atoms with Crippen LogP contribution in [0.15, 0.2) is 23.8 Å². The molecule has 0 unspecified atom stereocenters. The van der Waals surface area contributed by atoms with Crippen molar-refractivity contribution in [2.75, 3.05) is 0 Å². The van der Waals surface area contributed by atoms with Crippen LogP contribution in [0.1, 0.15) is 30.4 Å². The van der Waals surface area contributed by atoms with Crippen LogP contribution in [0.5, 0.6) is 0 Å². The van der Waals surface area contributed by atoms with Gasteiger partial charge in [-0.05, 0) is 25.0 Å². The van der Waals surface area contributed by atoms with Crippen LogP contribution in [0.25, 0.3) is 9.88 Å². The molecule has 124 valence electrons. The minimum absolute atomic E-state index is 0.0681. The van der Waals surface area contributed by atoms with Crippen molar-refractivity contribution in [1.82, 2.24) is 25.1 Å². The number of thiophene rings is 1. The van der Waals surface area contributed by atoms with Crippen LogP contribution >= 0.6 is 34.3 Å². The number of hydrogen-bond acceptors (Lipinski definition) is 6. The Morgan fingerprint density at radius 1 is 1.42 bits per heavy atom. The maximum absolute atomic E-state index is 12.1. The highest BCUT2D eigenvalue weighted by molar-refractivity contribution is 7.23. The van der Waals surface area contributed by atoms with Gasteiger partial charge in [0.2, 0.25) is 5.91 Å². The molecule has 0 aliphatic heterocycles. The Morgan fingerprint density at radius 3 is 3.04 bits per heavy atom. The number of thiazole rings is 1. The molecule has 0 saturated heterocycles. The Morgan fingerprint density at radius 2 is 2.29 bits per heavy atom. The number of rotatable bonds is 6. The fourth-order valence-electron chi connectivity index (χ4n) is 2.39. The van der Waals surface area contributed by atoms with E-state index in [4.69, 9.17) is 11.6 Å². The van der Waals surface area contributed by atoms with E-state index >= 15 is 0 Å². The molecule has 1 N–H and O–H groups in total. The molecule has 0 aromatic carbocycles. The largest absolute Gasteiger partial charge is 0.348 e. The first kappa shape index (κ1) is 15.7. The van der Waals surface area contributed by atoms with Crippen LogP contribution in [-0.4, -0.2) is 25.7 Å². The summed E-state index contributed by atoms with van der Waals surface area (Å²) in [6.45, 7) is 0.396. The minimum atomic E-state index is -0.0681. The van der Waals surface area contributed by atoms with Gasteiger partial charge in [-0.15, -0.1) is 32.9 Å². The number of halogens is 1. The normalized spacial score (nSPS) is 14.0. The molecule has 3 heterocycles. The molecule has 0 bridgehead atoms. The van der Waals surface area contributed by atoms with Gasteiger partial charge in [0.25, 0.3) is 0 Å². The highest BCUT2D eigenvalue weighted by Gasteiger charge is 2.26. The smallest absolute Gasteiger partial charge is 0.226 e. The monoisotopic (exact) mass is 379 g/mol. The first-order chi connectivity index (χ1) is 11.7. The fourth-order valence-corrected chi connectivity index (χ4v) is 4.32. The number of aromatic nitrogens is 4. The van der Waals surface area contributed by atoms with Gasteiger partial charge in [0.15, 0.2) is 5.82 Å². The van der Waals surface area contributed by atoms with E-state index in [1.54, 1.807) is 6.33 Å². The van der Waals surface area contributed by atoms with Gasteiger partial charge in [-0.3, -0.25) is 4.79 Å². The molecule has 1 aliphatic carbocycles. The number of amides is 1. The Labute approximate surface area is 151 Å². The van der Waals surface area contributed by atoms with Crippen LogP contribution in [0.3, 0.4) is 0 Å². The van der Waals surface area contributed by atoms with Gasteiger partial charge in [-0.25, -0.2) is 4.98 Å². The molecule has 24 heavy (non-hydrogen) atoms. The summed E-state index contributed by atoms with van der Waals surface area (Å²) in [5.74, 6) is 0.736. The SMILES string of the molecule is O=C(Cc1csc(-c2ccc(Cl)s2)n1)NCc1nncn1C1CC1. The standard InChI is InChI=1S/C15H14ClN5OS2/c16-12-4-3-11(24-12)15-19-9(7-23-15)5-14(22)17-6-13-20-18-8-21(13)10-1-2-10/h3-4,7-8,10H,1-2,5-6H2,(H,17,22). The highest BCUT2D eigenvalue weighted by atomic mass is 35.5. The summed E-state index contributed by atoms with van der Waals surface area (Å²) < 4.78 is 2.78. The van der Waals surface area contributed by atoms with Crippen molar-refractivity contribution >= 4 is 40.2 Å². The first-order valence-electron chi connectivity index (χ1n) is 7.54. The van der Waals surface area contributed by atoms with Crippen LogP contribution in [-0.2, 0) is 17.8 Å². The molecule has 6 nitrogen and oxygen atoms in total. The Balaban J connectivity index is 1.34. The molecule has 3 aromatic heterocycles. The molecular formula is C15H14ClN5OS2. The van der Waals surface area contributed by atoms with E-state index in [1.165, 1.54) is 22.7 Å². The van der Waals surface area contributed by atoms with Gasteiger partial charge in [0.1, 0.15) is 11.3 Å². The zero-order chi connectivity index (χ0) is 16.5. The molecule has 1 amide bonds. The lowest BCUT2D eigenvalue weighted by molar-refractivity contribution is -0.120. The molecule has 1 saturated carbocycles. The van der Waals surface area contributed by atoms with Gasteiger partial charge in [0, 0.05) is 11.4 Å². The molecule has 0 atom stereocenters. The zero-order valence-electron chi connectivity index (χ0n) is 12.6. The molecule has 1 aliphatic rings. The van der Waals surface area contributed by atoms with Crippen molar-refractivity contribution in [1.29, 1.82) is 0 Å². The quantitative estimate of drug-likeness (QED) is 0.713. The topological polar surface area (TPSA) is 72.7 Å². The Kier molecular flexibility index (Phi) is 4.34. The van der Waals surface area contributed by atoms with Crippen molar-refractivity contribution in [2.45, 2.75) is 31.8 Å². The third-order valence-electron chi connectivity index (χ3n) is 3.71. The summed E-state index contributed by atoms with van der Waals surface area (Å²) in [5.41, 5.74) is 0.765. The van der Waals surface area contributed by atoms with Gasteiger partial charge >= 0.3 is 0 Å². The summed E-state index contributed by atoms with van der Waals surface area (Å²) in [5, 5.41) is 13.7. The van der Waals surface area contributed by atoms with E-state index in [0.29, 0.717) is 12.6 Å². The van der Waals surface area contributed by atoms with Crippen LogP contribution in [0.4, 0.5) is 0 Å². The van der Waals surface area contributed by atoms with E-state index < -0.39 is 0 Å². The van der Waals surface area contributed by atoms with Crippen LogP contribution < -0.4 is 5.32 Å². The maximum atomic E-state index is 12.1.